The molecule has 0 aliphatic carbocycles. The molecule has 120 valence electrons. The number of amides is 1. The molecule has 1 unspecified atom stereocenters. The summed E-state index contributed by atoms with van der Waals surface area (Å²) >= 11 is 0. The first-order valence-electron chi connectivity index (χ1n) is 7.71. The summed E-state index contributed by atoms with van der Waals surface area (Å²) in [6.07, 6.45) is 1.26. The monoisotopic (exact) mass is 312 g/mol. The molecule has 1 aromatic carbocycles. The van der Waals surface area contributed by atoms with E-state index in [0.717, 1.165) is 11.4 Å². The Balaban J connectivity index is 1.47. The van der Waals surface area contributed by atoms with Crippen LogP contribution in [0.25, 0.3) is 0 Å². The van der Waals surface area contributed by atoms with Crippen molar-refractivity contribution < 1.29 is 14.3 Å². The highest BCUT2D eigenvalue weighted by Gasteiger charge is 2.35. The molecule has 5 nitrogen and oxygen atoms in total. The summed E-state index contributed by atoms with van der Waals surface area (Å²) in [4.78, 5) is 18.2. The fourth-order valence-corrected chi connectivity index (χ4v) is 2.49. The zero-order valence-corrected chi connectivity index (χ0v) is 13.3. The summed E-state index contributed by atoms with van der Waals surface area (Å²) in [5, 5.41) is 0. The normalized spacial score (nSPS) is 15.7. The molecule has 2 aromatic rings. The smallest absolute Gasteiger partial charge is 0.263 e. The number of nitrogens with zero attached hydrogens (tertiary/aromatic N) is 2. The van der Waals surface area contributed by atoms with Gasteiger partial charge in [-0.3, -0.25) is 9.78 Å². The van der Waals surface area contributed by atoms with Crippen LogP contribution in [-0.4, -0.2) is 41.1 Å². The molecule has 0 N–H and O–H groups in total. The lowest BCUT2D eigenvalue weighted by molar-refractivity contribution is -0.146. The first kappa shape index (κ1) is 15.3. The summed E-state index contributed by atoms with van der Waals surface area (Å²) in [6.45, 7) is 4.87. The number of pyridine rings is 1. The number of benzene rings is 1. The SMILES string of the molecule is Cc1cc(OC2CN(C(=O)C(C)Oc3ccccc3)C2)ccn1. The Bertz CT molecular complexity index is 669. The number of para-hydroxylation sites is 1. The number of hydrogen-bond acceptors (Lipinski definition) is 4. The van der Waals surface area contributed by atoms with Gasteiger partial charge in [-0.15, -0.1) is 0 Å². The average Bonchev–Trinajstić information content (AvgIpc) is 2.51. The maximum Gasteiger partial charge on any atom is 0.263 e. The molecule has 1 aliphatic heterocycles. The fraction of sp³-hybridized carbons (Fsp3) is 0.333. The lowest BCUT2D eigenvalue weighted by Crippen LogP contribution is -2.58. The van der Waals surface area contributed by atoms with Crippen LogP contribution >= 0.6 is 0 Å². The van der Waals surface area contributed by atoms with Gasteiger partial charge in [0.05, 0.1) is 13.1 Å². The number of likely N-dealkylation sites (tertiary alicyclic amines) is 1. The third-order valence-corrected chi connectivity index (χ3v) is 3.73. The van der Waals surface area contributed by atoms with Crippen LogP contribution in [0.15, 0.2) is 48.7 Å². The van der Waals surface area contributed by atoms with Crippen LogP contribution in [0.3, 0.4) is 0 Å². The minimum absolute atomic E-state index is 0.0142. The third kappa shape index (κ3) is 3.80. The Morgan fingerprint density at radius 2 is 1.96 bits per heavy atom. The van der Waals surface area contributed by atoms with Crippen molar-refractivity contribution in [2.45, 2.75) is 26.1 Å². The first-order valence-corrected chi connectivity index (χ1v) is 7.71. The highest BCUT2D eigenvalue weighted by molar-refractivity contribution is 5.81. The van der Waals surface area contributed by atoms with Gasteiger partial charge in [0.15, 0.2) is 6.10 Å². The molecule has 0 bridgehead atoms. The van der Waals surface area contributed by atoms with Crippen LogP contribution < -0.4 is 9.47 Å². The Kier molecular flexibility index (Phi) is 4.46. The van der Waals surface area contributed by atoms with Crippen LogP contribution in [0.2, 0.25) is 0 Å². The molecular formula is C18H20N2O3. The lowest BCUT2D eigenvalue weighted by Gasteiger charge is -2.40. The van der Waals surface area contributed by atoms with Crippen LogP contribution in [0, 0.1) is 6.92 Å². The average molecular weight is 312 g/mol. The van der Waals surface area contributed by atoms with Gasteiger partial charge in [0.2, 0.25) is 0 Å². The Hall–Kier alpha value is -2.56. The van der Waals surface area contributed by atoms with Gasteiger partial charge < -0.3 is 14.4 Å². The Morgan fingerprint density at radius 1 is 1.22 bits per heavy atom. The van der Waals surface area contributed by atoms with Crippen LogP contribution in [0.1, 0.15) is 12.6 Å². The molecule has 1 saturated heterocycles. The summed E-state index contributed by atoms with van der Waals surface area (Å²) in [5.41, 5.74) is 0.916. The molecule has 3 rings (SSSR count). The molecule has 0 radical (unpaired) electrons. The topological polar surface area (TPSA) is 51.7 Å². The van der Waals surface area contributed by atoms with Gasteiger partial charge in [-0.2, -0.15) is 0 Å². The Labute approximate surface area is 135 Å². The predicted molar refractivity (Wildman–Crippen MR) is 86.5 cm³/mol. The largest absolute Gasteiger partial charge is 0.487 e. The zero-order chi connectivity index (χ0) is 16.2. The molecular weight excluding hydrogens is 292 g/mol. The van der Waals surface area contributed by atoms with Gasteiger partial charge in [0.1, 0.15) is 17.6 Å². The molecule has 1 aliphatic rings. The first-order chi connectivity index (χ1) is 11.1. The van der Waals surface area contributed by atoms with Crippen molar-refractivity contribution in [1.29, 1.82) is 0 Å². The molecule has 0 spiro atoms. The maximum absolute atomic E-state index is 12.3. The number of ether oxygens (including phenoxy) is 2. The standard InChI is InChI=1S/C18H20N2O3/c1-13-10-16(8-9-19-13)23-17-11-20(12-17)18(21)14(2)22-15-6-4-3-5-7-15/h3-10,14,17H,11-12H2,1-2H3. The minimum atomic E-state index is -0.499. The molecule has 2 heterocycles. The number of hydrogen-bond donors (Lipinski definition) is 0. The second-order valence-corrected chi connectivity index (χ2v) is 5.69. The van der Waals surface area contributed by atoms with Crippen LogP contribution in [0.5, 0.6) is 11.5 Å². The number of carbonyl (C=O) groups excluding carboxylic acids is 1. The van der Waals surface area contributed by atoms with E-state index in [9.17, 15) is 4.79 Å². The second kappa shape index (κ2) is 6.69. The van der Waals surface area contributed by atoms with Crippen molar-refractivity contribution in [2.75, 3.05) is 13.1 Å². The van der Waals surface area contributed by atoms with Crippen molar-refractivity contribution in [3.63, 3.8) is 0 Å². The molecule has 1 amide bonds. The summed E-state index contributed by atoms with van der Waals surface area (Å²) < 4.78 is 11.5. The van der Waals surface area contributed by atoms with E-state index in [1.165, 1.54) is 0 Å². The quantitative estimate of drug-likeness (QED) is 0.851. The van der Waals surface area contributed by atoms with E-state index in [0.29, 0.717) is 18.8 Å². The van der Waals surface area contributed by atoms with E-state index in [1.54, 1.807) is 18.0 Å². The number of carbonyl (C=O) groups is 1. The third-order valence-electron chi connectivity index (χ3n) is 3.73. The molecule has 23 heavy (non-hydrogen) atoms. The van der Waals surface area contributed by atoms with E-state index >= 15 is 0 Å². The maximum atomic E-state index is 12.3. The van der Waals surface area contributed by atoms with E-state index in [-0.39, 0.29) is 12.0 Å². The van der Waals surface area contributed by atoms with Gasteiger partial charge in [0.25, 0.3) is 5.91 Å². The molecule has 0 saturated carbocycles. The zero-order valence-electron chi connectivity index (χ0n) is 13.3. The Morgan fingerprint density at radius 3 is 2.65 bits per heavy atom. The van der Waals surface area contributed by atoms with Crippen molar-refractivity contribution in [3.8, 4) is 11.5 Å². The summed E-state index contributed by atoms with van der Waals surface area (Å²) in [5.74, 6) is 1.48. The van der Waals surface area contributed by atoms with Gasteiger partial charge in [-0.25, -0.2) is 0 Å². The lowest BCUT2D eigenvalue weighted by atomic mass is 10.1. The summed E-state index contributed by atoms with van der Waals surface area (Å²) in [6, 6.07) is 13.1. The van der Waals surface area contributed by atoms with Crippen LogP contribution in [-0.2, 0) is 4.79 Å². The molecule has 1 atom stereocenters. The number of rotatable bonds is 5. The van der Waals surface area contributed by atoms with Crippen molar-refractivity contribution in [1.82, 2.24) is 9.88 Å². The van der Waals surface area contributed by atoms with E-state index in [4.69, 9.17) is 9.47 Å². The van der Waals surface area contributed by atoms with Gasteiger partial charge in [0, 0.05) is 18.0 Å². The fourth-order valence-electron chi connectivity index (χ4n) is 2.49. The second-order valence-electron chi connectivity index (χ2n) is 5.69. The molecule has 5 heteroatoms. The minimum Gasteiger partial charge on any atom is -0.487 e. The van der Waals surface area contributed by atoms with E-state index in [1.807, 2.05) is 49.4 Å². The molecule has 1 aromatic heterocycles. The van der Waals surface area contributed by atoms with Crippen LogP contribution in [0.4, 0.5) is 0 Å². The van der Waals surface area contributed by atoms with Gasteiger partial charge >= 0.3 is 0 Å². The van der Waals surface area contributed by atoms with Gasteiger partial charge in [-0.05, 0) is 32.0 Å². The van der Waals surface area contributed by atoms with Crippen molar-refractivity contribution >= 4 is 5.91 Å². The number of aryl methyl sites for hydroxylation is 1. The highest BCUT2D eigenvalue weighted by atomic mass is 16.5. The van der Waals surface area contributed by atoms with E-state index in [2.05, 4.69) is 4.98 Å². The van der Waals surface area contributed by atoms with E-state index < -0.39 is 6.10 Å². The predicted octanol–water partition coefficient (Wildman–Crippen LogP) is 2.45. The van der Waals surface area contributed by atoms with Gasteiger partial charge in [-0.1, -0.05) is 18.2 Å². The molecule has 1 fully saturated rings. The van der Waals surface area contributed by atoms with Crippen molar-refractivity contribution in [3.05, 3.63) is 54.4 Å². The number of aromatic nitrogens is 1. The highest BCUT2D eigenvalue weighted by Crippen LogP contribution is 2.20. The van der Waals surface area contributed by atoms with Crippen molar-refractivity contribution in [2.24, 2.45) is 0 Å². The summed E-state index contributed by atoms with van der Waals surface area (Å²) in [7, 11) is 0.